The van der Waals surface area contributed by atoms with Crippen molar-refractivity contribution >= 4 is 10.9 Å². The molecule has 0 aliphatic carbocycles. The highest BCUT2D eigenvalue weighted by atomic mass is 16.3. The summed E-state index contributed by atoms with van der Waals surface area (Å²) in [6.45, 7) is 0. The highest BCUT2D eigenvalue weighted by Crippen LogP contribution is 2.08. The fourth-order valence-electron chi connectivity index (χ4n) is 1.54. The number of para-hydroxylation sites is 1. The van der Waals surface area contributed by atoms with Crippen molar-refractivity contribution in [2.75, 3.05) is 0 Å². The number of benzene rings is 2. The molecule has 0 amide bonds. The minimum atomic E-state index is -0.329. The van der Waals surface area contributed by atoms with Crippen LogP contribution in [0.15, 0.2) is 71.7 Å². The molecule has 0 saturated carbocycles. The van der Waals surface area contributed by atoms with Crippen LogP contribution >= 0.6 is 0 Å². The highest BCUT2D eigenvalue weighted by Gasteiger charge is 2.00. The molecule has 1 heterocycles. The van der Waals surface area contributed by atoms with Gasteiger partial charge in [0.15, 0.2) is 5.75 Å². The van der Waals surface area contributed by atoms with Crippen LogP contribution in [0.3, 0.4) is 0 Å². The molecule has 0 saturated heterocycles. The summed E-state index contributed by atoms with van der Waals surface area (Å²) >= 11 is 0. The largest absolute Gasteiger partial charge is 0.503 e. The molecule has 0 aliphatic rings. The Morgan fingerprint density at radius 1 is 0.833 bits per heavy atom. The van der Waals surface area contributed by atoms with Crippen molar-refractivity contribution < 1.29 is 5.11 Å². The van der Waals surface area contributed by atoms with Crippen LogP contribution in [0.1, 0.15) is 0 Å². The number of nitrogens with one attached hydrogen (secondary N) is 1. The second kappa shape index (κ2) is 5.68. The van der Waals surface area contributed by atoms with Crippen molar-refractivity contribution in [2.24, 2.45) is 0 Å². The Kier molecular flexibility index (Phi) is 3.76. The summed E-state index contributed by atoms with van der Waals surface area (Å²) in [5.74, 6) is -0.242. The molecule has 0 unspecified atom stereocenters. The maximum atomic E-state index is 11.3. The first-order chi connectivity index (χ1) is 8.79. The summed E-state index contributed by atoms with van der Waals surface area (Å²) in [4.78, 5) is 14.1. The quantitative estimate of drug-likeness (QED) is 0.633. The van der Waals surface area contributed by atoms with E-state index in [4.69, 9.17) is 5.11 Å². The van der Waals surface area contributed by atoms with E-state index in [1.54, 1.807) is 18.2 Å². The molecule has 18 heavy (non-hydrogen) atoms. The molecule has 3 nitrogen and oxygen atoms in total. The lowest BCUT2D eigenvalue weighted by molar-refractivity contribution is 0.469. The summed E-state index contributed by atoms with van der Waals surface area (Å²) in [5, 5.41) is 9.59. The van der Waals surface area contributed by atoms with E-state index in [0.29, 0.717) is 5.39 Å². The van der Waals surface area contributed by atoms with Crippen molar-refractivity contribution in [3.05, 3.63) is 77.1 Å². The van der Waals surface area contributed by atoms with Crippen molar-refractivity contribution in [2.45, 2.75) is 0 Å². The molecule has 0 bridgehead atoms. The predicted molar refractivity (Wildman–Crippen MR) is 72.7 cm³/mol. The third kappa shape index (κ3) is 2.77. The number of pyridine rings is 1. The maximum Gasteiger partial charge on any atom is 0.230 e. The summed E-state index contributed by atoms with van der Waals surface area (Å²) in [5.41, 5.74) is 0.407. The van der Waals surface area contributed by atoms with Crippen LogP contribution in [-0.4, -0.2) is 10.1 Å². The molecule has 0 spiro atoms. The zero-order chi connectivity index (χ0) is 12.8. The van der Waals surface area contributed by atoms with Gasteiger partial charge in [-0.1, -0.05) is 48.5 Å². The third-order valence-electron chi connectivity index (χ3n) is 2.44. The van der Waals surface area contributed by atoms with Gasteiger partial charge in [-0.25, -0.2) is 0 Å². The van der Waals surface area contributed by atoms with E-state index in [2.05, 4.69) is 4.98 Å². The van der Waals surface area contributed by atoms with Crippen molar-refractivity contribution in [1.82, 2.24) is 4.98 Å². The molecule has 0 aliphatic heterocycles. The van der Waals surface area contributed by atoms with Crippen LogP contribution in [0.4, 0.5) is 0 Å². The number of aromatic hydroxyl groups is 1. The molecule has 3 rings (SSSR count). The van der Waals surface area contributed by atoms with Gasteiger partial charge in [0.1, 0.15) is 0 Å². The Morgan fingerprint density at radius 2 is 1.39 bits per heavy atom. The first-order valence-corrected chi connectivity index (χ1v) is 5.58. The highest BCUT2D eigenvalue weighted by molar-refractivity contribution is 5.79. The monoisotopic (exact) mass is 239 g/mol. The van der Waals surface area contributed by atoms with Crippen LogP contribution in [0.5, 0.6) is 5.75 Å². The van der Waals surface area contributed by atoms with Gasteiger partial charge in [0.25, 0.3) is 0 Å². The van der Waals surface area contributed by atoms with Crippen LogP contribution in [-0.2, 0) is 0 Å². The summed E-state index contributed by atoms with van der Waals surface area (Å²) in [7, 11) is 0. The van der Waals surface area contributed by atoms with E-state index in [9.17, 15) is 4.79 Å². The molecule has 3 heteroatoms. The Hall–Kier alpha value is -2.55. The zero-order valence-electron chi connectivity index (χ0n) is 9.71. The average molecular weight is 239 g/mol. The van der Waals surface area contributed by atoms with Gasteiger partial charge >= 0.3 is 0 Å². The van der Waals surface area contributed by atoms with Gasteiger partial charge < -0.3 is 10.1 Å². The van der Waals surface area contributed by atoms with Crippen molar-refractivity contribution in [1.29, 1.82) is 0 Å². The molecule has 0 radical (unpaired) electrons. The van der Waals surface area contributed by atoms with Gasteiger partial charge in [0.2, 0.25) is 5.43 Å². The maximum absolute atomic E-state index is 11.3. The van der Waals surface area contributed by atoms with Crippen molar-refractivity contribution in [3.63, 3.8) is 0 Å². The predicted octanol–water partition coefficient (Wildman–Crippen LogP) is 2.92. The average Bonchev–Trinajstić information content (AvgIpc) is 2.46. The molecule has 0 fully saturated rings. The number of fused-ring (bicyclic) bond motifs is 1. The normalized spacial score (nSPS) is 9.56. The van der Waals surface area contributed by atoms with Gasteiger partial charge in [0.05, 0.1) is 0 Å². The number of hydrogen-bond donors (Lipinski definition) is 2. The topological polar surface area (TPSA) is 53.1 Å². The lowest BCUT2D eigenvalue weighted by atomic mass is 10.2. The number of H-pyrrole nitrogens is 1. The second-order valence-corrected chi connectivity index (χ2v) is 3.70. The van der Waals surface area contributed by atoms with Crippen LogP contribution in [0.25, 0.3) is 10.9 Å². The second-order valence-electron chi connectivity index (χ2n) is 3.70. The van der Waals surface area contributed by atoms with Gasteiger partial charge in [-0.3, -0.25) is 4.79 Å². The first-order valence-electron chi connectivity index (χ1n) is 5.58. The molecular formula is C15H13NO2. The van der Waals surface area contributed by atoms with E-state index in [1.807, 2.05) is 42.5 Å². The Bertz CT molecular complexity index is 648. The lowest BCUT2D eigenvalue weighted by Crippen LogP contribution is -2.00. The third-order valence-corrected chi connectivity index (χ3v) is 2.44. The Labute approximate surface area is 104 Å². The van der Waals surface area contributed by atoms with Crippen LogP contribution in [0.2, 0.25) is 0 Å². The number of aromatic amines is 1. The van der Waals surface area contributed by atoms with Crippen LogP contribution < -0.4 is 5.43 Å². The van der Waals surface area contributed by atoms with E-state index in [1.165, 1.54) is 6.20 Å². The molecule has 1 aromatic heterocycles. The van der Waals surface area contributed by atoms with Crippen LogP contribution in [0, 0.1) is 0 Å². The number of hydrogen-bond acceptors (Lipinski definition) is 2. The molecule has 2 N–H and O–H groups in total. The molecule has 90 valence electrons. The van der Waals surface area contributed by atoms with E-state index in [-0.39, 0.29) is 11.2 Å². The molecule has 0 atom stereocenters. The zero-order valence-corrected chi connectivity index (χ0v) is 9.71. The Morgan fingerprint density at radius 3 is 2.00 bits per heavy atom. The fourth-order valence-corrected chi connectivity index (χ4v) is 1.54. The molecular weight excluding hydrogens is 226 g/mol. The summed E-state index contributed by atoms with van der Waals surface area (Å²) < 4.78 is 0. The molecule has 3 aromatic rings. The minimum Gasteiger partial charge on any atom is -0.503 e. The first kappa shape index (κ1) is 11.9. The SMILES string of the molecule is O=c1c(O)c[nH]c2ccccc12.c1ccccc1. The minimum absolute atomic E-state index is 0.242. The standard InChI is InChI=1S/C9H7NO2.C6H6/c11-8-5-10-7-4-2-1-3-6(7)9(8)12;1-2-4-6-5-3-1/h1-5,11H,(H,10,12);1-6H. The summed E-state index contributed by atoms with van der Waals surface area (Å²) in [6, 6.07) is 19.1. The molecule has 2 aromatic carbocycles. The van der Waals surface area contributed by atoms with E-state index >= 15 is 0 Å². The van der Waals surface area contributed by atoms with Crippen molar-refractivity contribution in [3.8, 4) is 5.75 Å². The number of rotatable bonds is 0. The lowest BCUT2D eigenvalue weighted by Gasteiger charge is -1.96. The number of aromatic nitrogens is 1. The Balaban J connectivity index is 0.000000169. The van der Waals surface area contributed by atoms with Gasteiger partial charge in [-0.2, -0.15) is 0 Å². The van der Waals surface area contributed by atoms with Gasteiger partial charge in [-0.15, -0.1) is 0 Å². The summed E-state index contributed by atoms with van der Waals surface area (Å²) in [6.07, 6.45) is 1.30. The van der Waals surface area contributed by atoms with E-state index < -0.39 is 0 Å². The van der Waals surface area contributed by atoms with E-state index in [0.717, 1.165) is 5.52 Å². The van der Waals surface area contributed by atoms with Gasteiger partial charge in [0, 0.05) is 17.1 Å². The van der Waals surface area contributed by atoms with Gasteiger partial charge in [-0.05, 0) is 12.1 Å². The smallest absolute Gasteiger partial charge is 0.230 e. The fraction of sp³-hybridized carbons (Fsp3) is 0.